The van der Waals surface area contributed by atoms with Gasteiger partial charge in [-0.15, -0.1) is 0 Å². The van der Waals surface area contributed by atoms with Gasteiger partial charge in [0, 0.05) is 23.5 Å². The minimum Gasteiger partial charge on any atom is -0.459 e. The molecule has 0 atom stereocenters. The van der Waals surface area contributed by atoms with Gasteiger partial charge in [-0.3, -0.25) is 14.3 Å². The van der Waals surface area contributed by atoms with Crippen molar-refractivity contribution >= 4 is 23.2 Å². The van der Waals surface area contributed by atoms with Crippen LogP contribution < -0.4 is 10.6 Å². The first-order chi connectivity index (χ1) is 15.5. The smallest absolute Gasteiger partial charge is 0.418 e. The second-order valence-corrected chi connectivity index (χ2v) is 8.14. The maximum Gasteiger partial charge on any atom is 0.418 e. The maximum absolute atomic E-state index is 13.7. The number of aromatic nitrogens is 2. The summed E-state index contributed by atoms with van der Waals surface area (Å²) in [5.41, 5.74) is 0.608. The standard InChI is InChI=1S/C23H25F3N4O3/c1-13(2)12-30-15(4)17(14(3)29-30)11-21(31)28-19-8-7-16(10-18(19)23(24,25)26)27-22(32)20-6-5-9-33-20/h5-10,13H,11-12H2,1-4H3,(H,27,32)(H,28,31). The molecule has 0 aliphatic heterocycles. The van der Waals surface area contributed by atoms with Crippen LogP contribution in [0.3, 0.4) is 0 Å². The Labute approximate surface area is 189 Å². The summed E-state index contributed by atoms with van der Waals surface area (Å²) in [6.45, 7) is 8.37. The molecule has 0 spiro atoms. The minimum atomic E-state index is -4.75. The Morgan fingerprint density at radius 3 is 2.48 bits per heavy atom. The fourth-order valence-electron chi connectivity index (χ4n) is 3.43. The quantitative estimate of drug-likeness (QED) is 0.505. The van der Waals surface area contributed by atoms with E-state index in [1.165, 1.54) is 24.5 Å². The van der Waals surface area contributed by atoms with Crippen LogP contribution in [-0.4, -0.2) is 21.6 Å². The van der Waals surface area contributed by atoms with Gasteiger partial charge in [0.1, 0.15) is 0 Å². The maximum atomic E-state index is 13.7. The van der Waals surface area contributed by atoms with Crippen molar-refractivity contribution in [2.24, 2.45) is 5.92 Å². The largest absolute Gasteiger partial charge is 0.459 e. The van der Waals surface area contributed by atoms with Gasteiger partial charge in [-0.1, -0.05) is 13.8 Å². The Morgan fingerprint density at radius 2 is 1.88 bits per heavy atom. The number of nitrogens with one attached hydrogen (secondary N) is 2. The molecule has 2 heterocycles. The molecule has 7 nitrogen and oxygen atoms in total. The molecule has 1 aromatic carbocycles. The van der Waals surface area contributed by atoms with Crippen molar-refractivity contribution in [1.29, 1.82) is 0 Å². The fraction of sp³-hybridized carbons (Fsp3) is 0.348. The topological polar surface area (TPSA) is 89.2 Å². The molecule has 176 valence electrons. The number of furan rings is 1. The molecular weight excluding hydrogens is 437 g/mol. The van der Waals surface area contributed by atoms with Gasteiger partial charge in [-0.2, -0.15) is 18.3 Å². The SMILES string of the molecule is Cc1nn(CC(C)C)c(C)c1CC(=O)Nc1ccc(NC(=O)c2ccco2)cc1C(F)(F)F. The van der Waals surface area contributed by atoms with Crippen molar-refractivity contribution < 1.29 is 27.2 Å². The van der Waals surface area contributed by atoms with Gasteiger partial charge in [0.25, 0.3) is 5.91 Å². The molecule has 33 heavy (non-hydrogen) atoms. The van der Waals surface area contributed by atoms with Crippen molar-refractivity contribution in [3.63, 3.8) is 0 Å². The van der Waals surface area contributed by atoms with Gasteiger partial charge in [-0.05, 0) is 50.1 Å². The molecule has 0 aliphatic carbocycles. The van der Waals surface area contributed by atoms with Crippen molar-refractivity contribution in [3.05, 3.63) is 64.9 Å². The summed E-state index contributed by atoms with van der Waals surface area (Å²) in [6, 6.07) is 6.05. The third kappa shape index (κ3) is 5.82. The van der Waals surface area contributed by atoms with Crippen LogP contribution >= 0.6 is 0 Å². The highest BCUT2D eigenvalue weighted by Gasteiger charge is 2.34. The summed E-state index contributed by atoms with van der Waals surface area (Å²) in [5, 5.41) is 9.14. The molecule has 3 rings (SSSR count). The van der Waals surface area contributed by atoms with E-state index in [2.05, 4.69) is 15.7 Å². The summed E-state index contributed by atoms with van der Waals surface area (Å²) in [6.07, 6.45) is -3.57. The predicted molar refractivity (Wildman–Crippen MR) is 117 cm³/mol. The zero-order valence-corrected chi connectivity index (χ0v) is 18.7. The Balaban J connectivity index is 1.79. The van der Waals surface area contributed by atoms with Crippen LogP contribution in [0.25, 0.3) is 0 Å². The first-order valence-electron chi connectivity index (χ1n) is 10.3. The van der Waals surface area contributed by atoms with E-state index in [1.54, 1.807) is 11.6 Å². The second-order valence-electron chi connectivity index (χ2n) is 8.14. The molecule has 0 aliphatic rings. The van der Waals surface area contributed by atoms with Crippen molar-refractivity contribution in [1.82, 2.24) is 9.78 Å². The molecule has 0 bridgehead atoms. The first kappa shape index (κ1) is 24.1. The lowest BCUT2D eigenvalue weighted by Crippen LogP contribution is -2.19. The van der Waals surface area contributed by atoms with Gasteiger partial charge < -0.3 is 15.1 Å². The van der Waals surface area contributed by atoms with Crippen LogP contribution in [-0.2, 0) is 23.9 Å². The van der Waals surface area contributed by atoms with Crippen LogP contribution in [0.4, 0.5) is 24.5 Å². The number of nitrogens with zero attached hydrogens (tertiary/aromatic N) is 2. The summed E-state index contributed by atoms with van der Waals surface area (Å²) >= 11 is 0. The number of benzene rings is 1. The Kier molecular flexibility index (Phi) is 6.95. The number of hydrogen-bond acceptors (Lipinski definition) is 4. The van der Waals surface area contributed by atoms with E-state index in [0.29, 0.717) is 23.7 Å². The van der Waals surface area contributed by atoms with Gasteiger partial charge >= 0.3 is 6.18 Å². The van der Waals surface area contributed by atoms with E-state index in [9.17, 15) is 22.8 Å². The predicted octanol–water partition coefficient (Wildman–Crippen LogP) is 5.20. The lowest BCUT2D eigenvalue weighted by molar-refractivity contribution is -0.136. The van der Waals surface area contributed by atoms with Gasteiger partial charge in [0.15, 0.2) is 5.76 Å². The van der Waals surface area contributed by atoms with Gasteiger partial charge in [0.2, 0.25) is 5.91 Å². The molecule has 10 heteroatoms. The van der Waals surface area contributed by atoms with Crippen LogP contribution in [0.2, 0.25) is 0 Å². The van der Waals surface area contributed by atoms with Crippen LogP contribution in [0.1, 0.15) is 46.9 Å². The Hall–Kier alpha value is -3.56. The highest BCUT2D eigenvalue weighted by Crippen LogP contribution is 2.37. The van der Waals surface area contributed by atoms with E-state index >= 15 is 0 Å². The second kappa shape index (κ2) is 9.51. The Morgan fingerprint density at radius 1 is 1.15 bits per heavy atom. The molecule has 0 fully saturated rings. The summed E-state index contributed by atoms with van der Waals surface area (Å²) in [7, 11) is 0. The van der Waals surface area contributed by atoms with E-state index < -0.39 is 29.2 Å². The zero-order valence-electron chi connectivity index (χ0n) is 18.7. The first-order valence-corrected chi connectivity index (χ1v) is 10.3. The van der Waals surface area contributed by atoms with E-state index in [4.69, 9.17) is 4.42 Å². The molecule has 2 N–H and O–H groups in total. The number of rotatable bonds is 7. The zero-order chi connectivity index (χ0) is 24.3. The van der Waals surface area contributed by atoms with Crippen LogP contribution in [0.15, 0.2) is 41.0 Å². The number of amides is 2. The molecule has 2 amide bonds. The molecule has 3 aromatic rings. The average Bonchev–Trinajstić information content (AvgIpc) is 3.33. The van der Waals surface area contributed by atoms with E-state index in [-0.39, 0.29) is 17.9 Å². The monoisotopic (exact) mass is 462 g/mol. The number of aryl methyl sites for hydroxylation is 1. The molecule has 0 radical (unpaired) electrons. The molecule has 0 unspecified atom stereocenters. The number of anilines is 2. The van der Waals surface area contributed by atoms with Crippen molar-refractivity contribution in [2.75, 3.05) is 10.6 Å². The van der Waals surface area contributed by atoms with E-state index in [0.717, 1.165) is 17.8 Å². The van der Waals surface area contributed by atoms with Gasteiger partial charge in [0.05, 0.1) is 29.6 Å². The van der Waals surface area contributed by atoms with Crippen molar-refractivity contribution in [3.8, 4) is 0 Å². The number of carbonyl (C=O) groups is 2. The van der Waals surface area contributed by atoms with Crippen LogP contribution in [0, 0.1) is 19.8 Å². The molecule has 2 aromatic heterocycles. The summed E-state index contributed by atoms with van der Waals surface area (Å²) in [4.78, 5) is 24.7. The number of alkyl halides is 3. The summed E-state index contributed by atoms with van der Waals surface area (Å²) in [5.74, 6) is -0.965. The van der Waals surface area contributed by atoms with Gasteiger partial charge in [-0.25, -0.2) is 0 Å². The molecule has 0 saturated heterocycles. The number of halogens is 3. The highest BCUT2D eigenvalue weighted by atomic mass is 19.4. The number of carbonyl (C=O) groups excluding carboxylic acids is 2. The molecule has 0 saturated carbocycles. The third-order valence-electron chi connectivity index (χ3n) is 5.01. The Bertz CT molecular complexity index is 1150. The lowest BCUT2D eigenvalue weighted by Gasteiger charge is -2.16. The molecular formula is C23H25F3N4O3. The normalized spacial score (nSPS) is 11.6. The summed E-state index contributed by atoms with van der Waals surface area (Å²) < 4.78 is 47.8. The highest BCUT2D eigenvalue weighted by molar-refractivity contribution is 6.02. The third-order valence-corrected chi connectivity index (χ3v) is 5.01. The lowest BCUT2D eigenvalue weighted by atomic mass is 10.1. The number of hydrogen-bond donors (Lipinski definition) is 2. The minimum absolute atomic E-state index is 0.0373. The average molecular weight is 462 g/mol. The van der Waals surface area contributed by atoms with Crippen LogP contribution in [0.5, 0.6) is 0 Å². The fourth-order valence-corrected chi connectivity index (χ4v) is 3.43. The van der Waals surface area contributed by atoms with Crippen molar-refractivity contribution in [2.45, 2.75) is 46.8 Å². The van der Waals surface area contributed by atoms with E-state index in [1.807, 2.05) is 20.8 Å².